The molecule has 1 aliphatic carbocycles. The molecule has 1 fully saturated rings. The number of aromatic nitrogens is 3. The number of nitrogens with one attached hydrogen (secondary N) is 1. The Hall–Kier alpha value is -2.45. The van der Waals surface area contributed by atoms with Gasteiger partial charge in [0.25, 0.3) is 0 Å². The zero-order chi connectivity index (χ0) is 20.6. The van der Waals surface area contributed by atoms with Crippen LogP contribution in [0.2, 0.25) is 0 Å². The topological polar surface area (TPSA) is 97.1 Å². The molecule has 8 heteroatoms. The van der Waals surface area contributed by atoms with Gasteiger partial charge in [0.05, 0.1) is 22.3 Å². The average molecular weight is 415 g/mol. The van der Waals surface area contributed by atoms with E-state index < -0.39 is 9.84 Å². The summed E-state index contributed by atoms with van der Waals surface area (Å²) in [4.78, 5) is 9.38. The molecule has 0 unspecified atom stereocenters. The summed E-state index contributed by atoms with van der Waals surface area (Å²) in [5, 5.41) is 13.8. The van der Waals surface area contributed by atoms with Gasteiger partial charge in [-0.25, -0.2) is 13.4 Å². The Labute approximate surface area is 170 Å². The third-order valence-corrected chi connectivity index (χ3v) is 7.39. The summed E-state index contributed by atoms with van der Waals surface area (Å²) in [6.07, 6.45) is 4.85. The molecule has 0 bridgehead atoms. The molecule has 154 valence electrons. The van der Waals surface area contributed by atoms with E-state index in [2.05, 4.69) is 15.3 Å². The van der Waals surface area contributed by atoms with Gasteiger partial charge in [0.15, 0.2) is 9.84 Å². The number of rotatable bonds is 5. The van der Waals surface area contributed by atoms with E-state index in [4.69, 9.17) is 0 Å². The SMILES string of the molecule is CCS(=O)(=O)c1cccc2c1cc(C)n2-c1ccnc(NC2CCC(O)CC2)n1. The fourth-order valence-corrected chi connectivity index (χ4v) is 5.11. The van der Waals surface area contributed by atoms with Crippen LogP contribution in [0.3, 0.4) is 0 Å². The number of nitrogens with zero attached hydrogens (tertiary/aromatic N) is 3. The van der Waals surface area contributed by atoms with Crippen molar-refractivity contribution in [2.45, 2.75) is 56.6 Å². The Balaban J connectivity index is 1.72. The minimum Gasteiger partial charge on any atom is -0.393 e. The van der Waals surface area contributed by atoms with Crippen LogP contribution in [0.15, 0.2) is 41.4 Å². The quantitative estimate of drug-likeness (QED) is 0.665. The van der Waals surface area contributed by atoms with Crippen LogP contribution in [0.4, 0.5) is 5.95 Å². The van der Waals surface area contributed by atoms with Gasteiger partial charge in [-0.15, -0.1) is 0 Å². The van der Waals surface area contributed by atoms with Crippen LogP contribution in [-0.2, 0) is 9.84 Å². The predicted octanol–water partition coefficient (Wildman–Crippen LogP) is 3.24. The molecule has 29 heavy (non-hydrogen) atoms. The summed E-state index contributed by atoms with van der Waals surface area (Å²) in [7, 11) is -3.32. The average Bonchev–Trinajstić information content (AvgIpc) is 3.05. The molecule has 7 nitrogen and oxygen atoms in total. The van der Waals surface area contributed by atoms with Gasteiger partial charge in [-0.2, -0.15) is 4.98 Å². The highest BCUT2D eigenvalue weighted by Crippen LogP contribution is 2.29. The first-order valence-corrected chi connectivity index (χ1v) is 11.7. The molecule has 2 heterocycles. The standard InChI is InChI=1S/C21H26N4O3S/c1-3-29(27,28)19-6-4-5-18-17(19)13-14(2)25(18)20-11-12-22-21(24-20)23-15-7-9-16(26)10-8-15/h4-6,11-13,15-16,26H,3,7-10H2,1-2H3,(H,22,23,24). The van der Waals surface area contributed by atoms with Gasteiger partial charge < -0.3 is 10.4 Å². The number of hydrogen-bond donors (Lipinski definition) is 2. The van der Waals surface area contributed by atoms with Crippen molar-refractivity contribution >= 4 is 26.7 Å². The second-order valence-corrected chi connectivity index (χ2v) is 9.85. The highest BCUT2D eigenvalue weighted by atomic mass is 32.2. The van der Waals surface area contributed by atoms with Crippen LogP contribution in [-0.4, -0.2) is 46.0 Å². The van der Waals surface area contributed by atoms with Gasteiger partial charge >= 0.3 is 0 Å². The summed E-state index contributed by atoms with van der Waals surface area (Å²) in [6.45, 7) is 3.60. The lowest BCUT2D eigenvalue weighted by atomic mass is 9.93. The van der Waals surface area contributed by atoms with Crippen molar-refractivity contribution in [2.24, 2.45) is 0 Å². The van der Waals surface area contributed by atoms with Crippen LogP contribution in [0.5, 0.6) is 0 Å². The van der Waals surface area contributed by atoms with Crippen molar-refractivity contribution in [2.75, 3.05) is 11.1 Å². The van der Waals surface area contributed by atoms with Gasteiger partial charge in [-0.1, -0.05) is 13.0 Å². The van der Waals surface area contributed by atoms with E-state index in [9.17, 15) is 13.5 Å². The Morgan fingerprint density at radius 1 is 1.21 bits per heavy atom. The van der Waals surface area contributed by atoms with Crippen molar-refractivity contribution in [3.8, 4) is 5.82 Å². The zero-order valence-corrected chi connectivity index (χ0v) is 17.5. The number of aryl methyl sites for hydroxylation is 1. The van der Waals surface area contributed by atoms with Gasteiger partial charge in [-0.3, -0.25) is 4.57 Å². The first-order valence-electron chi connectivity index (χ1n) is 10.0. The molecular formula is C21H26N4O3S. The number of fused-ring (bicyclic) bond motifs is 1. The minimum absolute atomic E-state index is 0.0635. The molecule has 0 radical (unpaired) electrons. The molecule has 1 aliphatic rings. The van der Waals surface area contributed by atoms with E-state index in [0.717, 1.165) is 36.9 Å². The summed E-state index contributed by atoms with van der Waals surface area (Å²) in [6, 6.07) is 9.31. The summed E-state index contributed by atoms with van der Waals surface area (Å²) in [5.74, 6) is 1.30. The van der Waals surface area contributed by atoms with Gasteiger partial charge in [-0.05, 0) is 56.9 Å². The highest BCUT2D eigenvalue weighted by molar-refractivity contribution is 7.91. The first-order chi connectivity index (χ1) is 13.9. The van der Waals surface area contributed by atoms with E-state index in [1.807, 2.05) is 29.7 Å². The van der Waals surface area contributed by atoms with Crippen molar-refractivity contribution in [3.63, 3.8) is 0 Å². The smallest absolute Gasteiger partial charge is 0.224 e. The first kappa shape index (κ1) is 19.8. The number of hydrogen-bond acceptors (Lipinski definition) is 6. The van der Waals surface area contributed by atoms with Crippen molar-refractivity contribution < 1.29 is 13.5 Å². The minimum atomic E-state index is -3.32. The number of anilines is 1. The Morgan fingerprint density at radius 2 is 1.97 bits per heavy atom. The molecule has 0 amide bonds. The second kappa shape index (κ2) is 7.76. The molecule has 1 saturated carbocycles. The van der Waals surface area contributed by atoms with Crippen molar-refractivity contribution in [1.82, 2.24) is 14.5 Å². The molecule has 1 aromatic carbocycles. The molecule has 2 N–H and O–H groups in total. The lowest BCUT2D eigenvalue weighted by molar-refractivity contribution is 0.126. The van der Waals surface area contributed by atoms with Crippen molar-refractivity contribution in [1.29, 1.82) is 0 Å². The number of aliphatic hydroxyl groups is 1. The van der Waals surface area contributed by atoms with E-state index in [1.54, 1.807) is 25.3 Å². The Bertz CT molecular complexity index is 1130. The molecule has 4 rings (SSSR count). The maximum atomic E-state index is 12.5. The molecule has 0 atom stereocenters. The van der Waals surface area contributed by atoms with Gasteiger partial charge in [0.1, 0.15) is 5.82 Å². The fourth-order valence-electron chi connectivity index (χ4n) is 4.01. The van der Waals surface area contributed by atoms with Crippen LogP contribution < -0.4 is 5.32 Å². The monoisotopic (exact) mass is 414 g/mol. The molecule has 3 aromatic rings. The lowest BCUT2D eigenvalue weighted by Gasteiger charge is -2.26. The molecule has 0 aliphatic heterocycles. The Morgan fingerprint density at radius 3 is 2.69 bits per heavy atom. The maximum Gasteiger partial charge on any atom is 0.224 e. The van der Waals surface area contributed by atoms with Crippen LogP contribution in [0.1, 0.15) is 38.3 Å². The predicted molar refractivity (Wildman–Crippen MR) is 113 cm³/mol. The normalized spacial score (nSPS) is 20.1. The van der Waals surface area contributed by atoms with E-state index in [-0.39, 0.29) is 17.9 Å². The fraction of sp³-hybridized carbons (Fsp3) is 0.429. The maximum absolute atomic E-state index is 12.5. The van der Waals surface area contributed by atoms with Crippen LogP contribution in [0, 0.1) is 6.92 Å². The van der Waals surface area contributed by atoms with Crippen LogP contribution >= 0.6 is 0 Å². The van der Waals surface area contributed by atoms with E-state index >= 15 is 0 Å². The molecular weight excluding hydrogens is 388 g/mol. The summed E-state index contributed by atoms with van der Waals surface area (Å²) in [5.41, 5.74) is 1.71. The molecule has 0 spiro atoms. The van der Waals surface area contributed by atoms with Crippen LogP contribution in [0.25, 0.3) is 16.7 Å². The largest absolute Gasteiger partial charge is 0.393 e. The molecule has 0 saturated heterocycles. The Kier molecular flexibility index (Phi) is 5.31. The third-order valence-electron chi connectivity index (χ3n) is 5.60. The number of sulfone groups is 1. The van der Waals surface area contributed by atoms with Crippen molar-refractivity contribution in [3.05, 3.63) is 42.2 Å². The van der Waals surface area contributed by atoms with Gasteiger partial charge in [0, 0.05) is 23.3 Å². The third kappa shape index (κ3) is 3.86. The van der Waals surface area contributed by atoms with Gasteiger partial charge in [0.2, 0.25) is 5.95 Å². The van der Waals surface area contributed by atoms with E-state index in [0.29, 0.717) is 22.0 Å². The summed E-state index contributed by atoms with van der Waals surface area (Å²) < 4.78 is 27.0. The van der Waals surface area contributed by atoms with E-state index in [1.165, 1.54) is 0 Å². The highest BCUT2D eigenvalue weighted by Gasteiger charge is 2.21. The number of aliphatic hydroxyl groups excluding tert-OH is 1. The zero-order valence-electron chi connectivity index (χ0n) is 16.7. The second-order valence-electron chi connectivity index (χ2n) is 7.60. The number of benzene rings is 1. The summed E-state index contributed by atoms with van der Waals surface area (Å²) >= 11 is 0. The molecule has 2 aromatic heterocycles. The lowest BCUT2D eigenvalue weighted by Crippen LogP contribution is -2.29.